The van der Waals surface area contributed by atoms with Crippen LogP contribution in [0.4, 0.5) is 5.69 Å². The molecule has 24 heavy (non-hydrogen) atoms. The maximum atomic E-state index is 12.8. The summed E-state index contributed by atoms with van der Waals surface area (Å²) >= 11 is 0. The van der Waals surface area contributed by atoms with Gasteiger partial charge < -0.3 is 5.73 Å². The average Bonchev–Trinajstić information content (AvgIpc) is 2.61. The maximum absolute atomic E-state index is 12.8. The summed E-state index contributed by atoms with van der Waals surface area (Å²) in [6, 6.07) is 21.6. The smallest absolute Gasteiger partial charge is 0.194 e. The number of nitrogens with two attached hydrogens (primary N) is 1. The number of hydrogen-bond acceptors (Lipinski definition) is 2. The van der Waals surface area contributed by atoms with E-state index in [-0.39, 0.29) is 5.78 Å². The molecule has 3 aromatic rings. The van der Waals surface area contributed by atoms with Crippen molar-refractivity contribution >= 4 is 23.1 Å². The first-order valence-corrected chi connectivity index (χ1v) is 7.96. The second kappa shape index (κ2) is 5.50. The summed E-state index contributed by atoms with van der Waals surface area (Å²) in [5, 5.41) is 0. The van der Waals surface area contributed by atoms with Crippen LogP contribution in [0.15, 0.2) is 66.7 Å². The van der Waals surface area contributed by atoms with Gasteiger partial charge in [-0.3, -0.25) is 4.79 Å². The zero-order chi connectivity index (χ0) is 16.7. The maximum Gasteiger partial charge on any atom is 0.194 e. The molecule has 3 aromatic carbocycles. The van der Waals surface area contributed by atoms with Crippen molar-refractivity contribution in [3.8, 4) is 0 Å². The van der Waals surface area contributed by atoms with Gasteiger partial charge in [0.1, 0.15) is 0 Å². The van der Waals surface area contributed by atoms with Crippen LogP contribution in [-0.2, 0) is 0 Å². The van der Waals surface area contributed by atoms with Crippen molar-refractivity contribution in [2.24, 2.45) is 0 Å². The van der Waals surface area contributed by atoms with Crippen molar-refractivity contribution in [3.05, 3.63) is 100 Å². The predicted octanol–water partition coefficient (Wildman–Crippen LogP) is 4.71. The number of rotatable bonds is 1. The third kappa shape index (κ3) is 2.24. The highest BCUT2D eigenvalue weighted by Crippen LogP contribution is 2.37. The summed E-state index contributed by atoms with van der Waals surface area (Å²) in [5.74, 6) is 0.0850. The van der Waals surface area contributed by atoms with Gasteiger partial charge >= 0.3 is 0 Å². The number of carbonyl (C=O) groups excluding carboxylic acids is 1. The predicted molar refractivity (Wildman–Crippen MR) is 98.9 cm³/mol. The summed E-state index contributed by atoms with van der Waals surface area (Å²) < 4.78 is 0. The molecule has 0 aliphatic heterocycles. The van der Waals surface area contributed by atoms with Gasteiger partial charge in [0, 0.05) is 16.8 Å². The van der Waals surface area contributed by atoms with E-state index in [1.54, 1.807) is 0 Å². The molecule has 0 atom stereocenters. The van der Waals surface area contributed by atoms with Gasteiger partial charge in [-0.25, -0.2) is 0 Å². The molecule has 0 radical (unpaired) electrons. The standard InChI is InChI=1S/C22H17NO/c1-14-10-11-15(13-21(14)23)12-20-16-6-2-4-8-18(16)22(24)19-9-5-3-7-17(19)20/h2-13H,23H2,1H3. The molecular formula is C22H17NO. The monoisotopic (exact) mass is 311 g/mol. The van der Waals surface area contributed by atoms with Crippen LogP contribution in [0.2, 0.25) is 0 Å². The lowest BCUT2D eigenvalue weighted by Gasteiger charge is -2.21. The molecule has 0 fully saturated rings. The minimum absolute atomic E-state index is 0.0850. The Labute approximate surface area is 141 Å². The third-order valence-corrected chi connectivity index (χ3v) is 4.54. The van der Waals surface area contributed by atoms with Crippen LogP contribution in [0.3, 0.4) is 0 Å². The van der Waals surface area contributed by atoms with Gasteiger partial charge in [-0.15, -0.1) is 0 Å². The fraction of sp³-hybridized carbons (Fsp3) is 0.0455. The fourth-order valence-electron chi connectivity index (χ4n) is 3.19. The molecular weight excluding hydrogens is 294 g/mol. The molecule has 0 spiro atoms. The van der Waals surface area contributed by atoms with Crippen LogP contribution in [0.1, 0.15) is 38.2 Å². The Balaban J connectivity index is 1.98. The zero-order valence-corrected chi connectivity index (χ0v) is 13.4. The van der Waals surface area contributed by atoms with Crippen molar-refractivity contribution in [2.75, 3.05) is 5.73 Å². The van der Waals surface area contributed by atoms with Crippen LogP contribution < -0.4 is 5.73 Å². The molecule has 2 heteroatoms. The first kappa shape index (κ1) is 14.5. The Kier molecular flexibility index (Phi) is 3.31. The van der Waals surface area contributed by atoms with E-state index in [9.17, 15) is 4.79 Å². The van der Waals surface area contributed by atoms with Gasteiger partial charge in [0.25, 0.3) is 0 Å². The van der Waals surface area contributed by atoms with Gasteiger partial charge in [0.2, 0.25) is 0 Å². The van der Waals surface area contributed by atoms with Crippen molar-refractivity contribution in [1.29, 1.82) is 0 Å². The van der Waals surface area contributed by atoms with Gasteiger partial charge in [0.15, 0.2) is 5.78 Å². The van der Waals surface area contributed by atoms with Crippen LogP contribution in [0, 0.1) is 6.92 Å². The lowest BCUT2D eigenvalue weighted by Crippen LogP contribution is -2.14. The highest BCUT2D eigenvalue weighted by Gasteiger charge is 2.25. The van der Waals surface area contributed by atoms with E-state index in [0.29, 0.717) is 0 Å². The molecule has 0 amide bonds. The normalized spacial score (nSPS) is 12.5. The summed E-state index contributed by atoms with van der Waals surface area (Å²) in [4.78, 5) is 12.8. The number of carbonyl (C=O) groups is 1. The number of hydrogen-bond donors (Lipinski definition) is 1. The fourth-order valence-corrected chi connectivity index (χ4v) is 3.19. The quantitative estimate of drug-likeness (QED) is 0.517. The van der Waals surface area contributed by atoms with E-state index in [4.69, 9.17) is 5.73 Å². The van der Waals surface area contributed by atoms with Gasteiger partial charge in [-0.05, 0) is 46.9 Å². The molecule has 116 valence electrons. The van der Waals surface area contributed by atoms with E-state index in [0.717, 1.165) is 44.6 Å². The van der Waals surface area contributed by atoms with E-state index >= 15 is 0 Å². The highest BCUT2D eigenvalue weighted by molar-refractivity contribution is 6.20. The Morgan fingerprint density at radius 1 is 0.792 bits per heavy atom. The second-order valence-corrected chi connectivity index (χ2v) is 6.09. The minimum Gasteiger partial charge on any atom is -0.398 e. The second-order valence-electron chi connectivity index (χ2n) is 6.09. The minimum atomic E-state index is 0.0850. The van der Waals surface area contributed by atoms with Crippen LogP contribution in [0.5, 0.6) is 0 Å². The van der Waals surface area contributed by atoms with E-state index < -0.39 is 0 Å². The van der Waals surface area contributed by atoms with Crippen molar-refractivity contribution in [3.63, 3.8) is 0 Å². The summed E-state index contributed by atoms with van der Waals surface area (Å²) in [6.45, 7) is 2.00. The molecule has 0 heterocycles. The molecule has 2 nitrogen and oxygen atoms in total. The number of anilines is 1. The number of fused-ring (bicyclic) bond motifs is 2. The topological polar surface area (TPSA) is 43.1 Å². The molecule has 4 rings (SSSR count). The van der Waals surface area contributed by atoms with Crippen molar-refractivity contribution < 1.29 is 4.79 Å². The van der Waals surface area contributed by atoms with E-state index in [1.807, 2.05) is 67.6 Å². The van der Waals surface area contributed by atoms with Gasteiger partial charge in [-0.2, -0.15) is 0 Å². The first-order chi connectivity index (χ1) is 11.6. The van der Waals surface area contributed by atoms with Gasteiger partial charge in [-0.1, -0.05) is 60.7 Å². The van der Waals surface area contributed by atoms with E-state index in [1.165, 1.54) is 0 Å². The van der Waals surface area contributed by atoms with Crippen LogP contribution in [-0.4, -0.2) is 5.78 Å². The van der Waals surface area contributed by atoms with Crippen molar-refractivity contribution in [2.45, 2.75) is 6.92 Å². The number of aryl methyl sites for hydroxylation is 1. The first-order valence-electron chi connectivity index (χ1n) is 7.96. The Morgan fingerprint density at radius 3 is 1.88 bits per heavy atom. The van der Waals surface area contributed by atoms with Gasteiger partial charge in [0.05, 0.1) is 0 Å². The Bertz CT molecular complexity index is 947. The summed E-state index contributed by atoms with van der Waals surface area (Å²) in [7, 11) is 0. The number of nitrogen functional groups attached to an aromatic ring is 1. The lowest BCUT2D eigenvalue weighted by atomic mass is 9.80. The summed E-state index contributed by atoms with van der Waals surface area (Å²) in [6.07, 6.45) is 2.11. The number of benzene rings is 3. The molecule has 0 saturated heterocycles. The van der Waals surface area contributed by atoms with Crippen molar-refractivity contribution in [1.82, 2.24) is 0 Å². The highest BCUT2D eigenvalue weighted by atomic mass is 16.1. The van der Waals surface area contributed by atoms with Crippen LogP contribution in [0.25, 0.3) is 11.6 Å². The molecule has 1 aliphatic carbocycles. The molecule has 0 unspecified atom stereocenters. The molecule has 0 aromatic heterocycles. The SMILES string of the molecule is Cc1ccc(C=C2c3ccccc3C(=O)c3ccccc32)cc1N. The Morgan fingerprint density at radius 2 is 1.33 bits per heavy atom. The molecule has 0 saturated carbocycles. The molecule has 0 bridgehead atoms. The molecule has 2 N–H and O–H groups in total. The largest absolute Gasteiger partial charge is 0.398 e. The molecule has 1 aliphatic rings. The van der Waals surface area contributed by atoms with E-state index in [2.05, 4.69) is 12.1 Å². The van der Waals surface area contributed by atoms with Crippen LogP contribution >= 0.6 is 0 Å². The average molecular weight is 311 g/mol. The Hall–Kier alpha value is -3.13. The third-order valence-electron chi connectivity index (χ3n) is 4.54. The summed E-state index contributed by atoms with van der Waals surface area (Å²) in [5.41, 5.74) is 13.4. The number of ketones is 1. The zero-order valence-electron chi connectivity index (χ0n) is 13.4. The lowest BCUT2D eigenvalue weighted by molar-refractivity contribution is 0.103.